The van der Waals surface area contributed by atoms with E-state index in [0.717, 1.165) is 16.4 Å². The Balaban J connectivity index is 1.40. The molecule has 1 aromatic heterocycles. The number of amides is 1. The Morgan fingerprint density at radius 3 is 2.37 bits per heavy atom. The van der Waals surface area contributed by atoms with E-state index < -0.39 is 0 Å². The monoisotopic (exact) mass is 412 g/mol. The number of rotatable bonds is 5. The fourth-order valence-corrected chi connectivity index (χ4v) is 4.41. The number of nitrogens with zero attached hydrogens (tertiary/aromatic N) is 2. The van der Waals surface area contributed by atoms with E-state index in [-0.39, 0.29) is 5.91 Å². The summed E-state index contributed by atoms with van der Waals surface area (Å²) < 4.78 is 0. The lowest BCUT2D eigenvalue weighted by Gasteiger charge is -2.12. The maximum atomic E-state index is 12.2. The number of carbonyl (C=O) groups excluding carboxylic acids is 1. The first-order valence-electron chi connectivity index (χ1n) is 9.70. The van der Waals surface area contributed by atoms with Crippen LogP contribution in [0, 0.1) is 0 Å². The van der Waals surface area contributed by atoms with Crippen LogP contribution in [0.3, 0.4) is 0 Å². The van der Waals surface area contributed by atoms with Crippen molar-refractivity contribution < 1.29 is 4.79 Å². The summed E-state index contributed by atoms with van der Waals surface area (Å²) in [4.78, 5) is 13.8. The Hall–Kier alpha value is -3.51. The van der Waals surface area contributed by atoms with Crippen LogP contribution >= 0.6 is 11.8 Å². The number of H-pyrrole nitrogens is 1. The van der Waals surface area contributed by atoms with E-state index in [1.165, 1.54) is 38.9 Å². The second kappa shape index (κ2) is 7.72. The van der Waals surface area contributed by atoms with E-state index in [0.29, 0.717) is 5.75 Å². The number of aromatic nitrogens is 3. The predicted molar refractivity (Wildman–Crippen MR) is 124 cm³/mol. The zero-order valence-corrected chi connectivity index (χ0v) is 17.2. The van der Waals surface area contributed by atoms with Crippen molar-refractivity contribution >= 4 is 44.9 Å². The average Bonchev–Trinajstić information content (AvgIpc) is 2.76. The Morgan fingerprint density at radius 2 is 1.63 bits per heavy atom. The van der Waals surface area contributed by atoms with Crippen molar-refractivity contribution in [1.29, 1.82) is 0 Å². The van der Waals surface area contributed by atoms with Crippen molar-refractivity contribution in [3.05, 3.63) is 78.9 Å². The van der Waals surface area contributed by atoms with Gasteiger partial charge in [-0.2, -0.15) is 0 Å². The number of thioether (sulfide) groups is 1. The Bertz CT molecular complexity index is 1340. The highest BCUT2D eigenvalue weighted by atomic mass is 32.2. The molecule has 0 radical (unpaired) electrons. The zero-order chi connectivity index (χ0) is 20.5. The molecule has 5 nitrogen and oxygen atoms in total. The van der Waals surface area contributed by atoms with Gasteiger partial charge in [0.2, 0.25) is 11.1 Å². The van der Waals surface area contributed by atoms with Gasteiger partial charge in [0.1, 0.15) is 0 Å². The molecule has 0 atom stereocenters. The average molecular weight is 413 g/mol. The van der Waals surface area contributed by atoms with Gasteiger partial charge >= 0.3 is 0 Å². The van der Waals surface area contributed by atoms with Crippen LogP contribution in [0.5, 0.6) is 0 Å². The van der Waals surface area contributed by atoms with Gasteiger partial charge in [0.05, 0.1) is 5.75 Å². The first-order chi connectivity index (χ1) is 14.7. The smallest absolute Gasteiger partial charge is 0.234 e. The summed E-state index contributed by atoms with van der Waals surface area (Å²) in [5.74, 6) is 0.263. The molecule has 5 aromatic rings. The summed E-state index contributed by atoms with van der Waals surface area (Å²) in [6, 6.07) is 27.2. The number of carbonyl (C=O) groups is 1. The molecule has 2 N–H and O–H groups in total. The van der Waals surface area contributed by atoms with E-state index in [9.17, 15) is 4.79 Å². The van der Waals surface area contributed by atoms with Gasteiger partial charge in [-0.05, 0) is 50.9 Å². The molecule has 148 valence electrons. The number of fused-ring (bicyclic) bond motifs is 3. The van der Waals surface area contributed by atoms with Gasteiger partial charge in [0, 0.05) is 12.7 Å². The van der Waals surface area contributed by atoms with Crippen molar-refractivity contribution in [2.45, 2.75) is 5.16 Å². The number of benzene rings is 4. The minimum absolute atomic E-state index is 0.0528. The Morgan fingerprint density at radius 1 is 0.967 bits per heavy atom. The summed E-state index contributed by atoms with van der Waals surface area (Å²) >= 11 is 1.38. The molecule has 4 aromatic carbocycles. The van der Waals surface area contributed by atoms with Gasteiger partial charge in [-0.3, -0.25) is 9.89 Å². The number of nitrogens with one attached hydrogen (secondary N) is 2. The van der Waals surface area contributed by atoms with Crippen molar-refractivity contribution in [3.63, 3.8) is 0 Å². The second-order valence-electron chi connectivity index (χ2n) is 7.15. The highest BCUT2D eigenvalue weighted by molar-refractivity contribution is 7.99. The molecule has 0 aliphatic heterocycles. The third kappa shape index (κ3) is 3.57. The molecule has 5 rings (SSSR count). The van der Waals surface area contributed by atoms with Gasteiger partial charge < -0.3 is 5.32 Å². The standard InChI is InChI=1S/C24H20N4OS/c1-28-26-24(27-28)30-15-23(29)25-18-12-10-16(11-13-18)22-14-17-6-2-3-7-19(17)20-8-4-5-9-21(20)22/h2-14H,15H2,1H3,(H,25,29)(H,26,27). The van der Waals surface area contributed by atoms with Gasteiger partial charge in [0.25, 0.3) is 0 Å². The van der Waals surface area contributed by atoms with Crippen LogP contribution in [-0.4, -0.2) is 26.7 Å². The van der Waals surface area contributed by atoms with Gasteiger partial charge in [-0.1, -0.05) is 72.4 Å². The topological polar surface area (TPSA) is 62.7 Å². The molecule has 0 unspecified atom stereocenters. The molecule has 30 heavy (non-hydrogen) atoms. The molecule has 1 heterocycles. The third-order valence-corrected chi connectivity index (χ3v) is 5.94. The van der Waals surface area contributed by atoms with Crippen molar-refractivity contribution in [2.75, 3.05) is 11.1 Å². The van der Waals surface area contributed by atoms with E-state index in [1.807, 2.05) is 19.2 Å². The van der Waals surface area contributed by atoms with Crippen molar-refractivity contribution in [1.82, 2.24) is 15.0 Å². The highest BCUT2D eigenvalue weighted by Gasteiger charge is 2.10. The van der Waals surface area contributed by atoms with Crippen molar-refractivity contribution in [2.24, 2.45) is 7.05 Å². The summed E-state index contributed by atoms with van der Waals surface area (Å²) in [5.41, 5.74) is 3.10. The first-order valence-corrected chi connectivity index (χ1v) is 10.7. The number of hydrogen-bond acceptors (Lipinski definition) is 3. The SMILES string of the molecule is Cn1nc(SCC(=O)Nc2ccc(-c3cc4ccccc4c4ccccc34)cc2)[nH]1. The molecule has 6 heteroatoms. The molecule has 0 saturated heterocycles. The number of anilines is 1. The molecular weight excluding hydrogens is 392 g/mol. The molecule has 0 bridgehead atoms. The molecule has 0 saturated carbocycles. The lowest BCUT2D eigenvalue weighted by molar-refractivity contribution is -0.113. The maximum absolute atomic E-state index is 12.2. The first kappa shape index (κ1) is 18.5. The minimum atomic E-state index is -0.0528. The summed E-state index contributed by atoms with van der Waals surface area (Å²) in [6.07, 6.45) is 0. The van der Waals surface area contributed by atoms with Crippen LogP contribution in [0.4, 0.5) is 5.69 Å². The van der Waals surface area contributed by atoms with Crippen LogP contribution in [0.15, 0.2) is 84.0 Å². The Labute approximate surface area is 178 Å². The second-order valence-corrected chi connectivity index (χ2v) is 8.11. The number of hydrogen-bond donors (Lipinski definition) is 2. The van der Waals surface area contributed by atoms with Crippen molar-refractivity contribution in [3.8, 4) is 11.1 Å². The predicted octanol–water partition coefficient (Wildman–Crippen LogP) is 5.45. The van der Waals surface area contributed by atoms with E-state index in [4.69, 9.17) is 0 Å². The lowest BCUT2D eigenvalue weighted by Crippen LogP contribution is -2.17. The maximum Gasteiger partial charge on any atom is 0.234 e. The Kier molecular flexibility index (Phi) is 4.77. The number of aryl methyl sites for hydroxylation is 1. The van der Waals surface area contributed by atoms with Gasteiger partial charge in [-0.15, -0.1) is 5.10 Å². The highest BCUT2D eigenvalue weighted by Crippen LogP contribution is 2.35. The van der Waals surface area contributed by atoms with E-state index in [2.05, 4.69) is 82.2 Å². The molecule has 0 aliphatic rings. The lowest BCUT2D eigenvalue weighted by atomic mass is 9.93. The largest absolute Gasteiger partial charge is 0.325 e. The summed E-state index contributed by atoms with van der Waals surface area (Å²) in [5, 5.41) is 15.8. The fraction of sp³-hybridized carbons (Fsp3) is 0.0833. The van der Waals surface area contributed by atoms with Crippen LogP contribution in [-0.2, 0) is 11.8 Å². The molecule has 0 fully saturated rings. The quantitative estimate of drug-likeness (QED) is 0.298. The van der Waals surface area contributed by atoms with Gasteiger partial charge in [-0.25, -0.2) is 4.80 Å². The zero-order valence-electron chi connectivity index (χ0n) is 16.4. The summed E-state index contributed by atoms with van der Waals surface area (Å²) in [7, 11) is 1.81. The number of aromatic amines is 1. The third-order valence-electron chi connectivity index (χ3n) is 5.09. The summed E-state index contributed by atoms with van der Waals surface area (Å²) in [6.45, 7) is 0. The molecule has 1 amide bonds. The van der Waals surface area contributed by atoms with Crippen LogP contribution in [0.25, 0.3) is 32.7 Å². The minimum Gasteiger partial charge on any atom is -0.325 e. The molecule has 0 spiro atoms. The van der Waals surface area contributed by atoms with Crippen LogP contribution in [0.1, 0.15) is 0 Å². The normalized spacial score (nSPS) is 11.2. The van der Waals surface area contributed by atoms with E-state index in [1.54, 1.807) is 4.80 Å². The molecular formula is C24H20N4OS. The molecule has 0 aliphatic carbocycles. The van der Waals surface area contributed by atoms with Gasteiger partial charge in [0.15, 0.2) is 0 Å². The van der Waals surface area contributed by atoms with E-state index >= 15 is 0 Å². The van der Waals surface area contributed by atoms with Crippen LogP contribution < -0.4 is 5.32 Å². The fourth-order valence-electron chi connectivity index (χ4n) is 3.70. The van der Waals surface area contributed by atoms with Crippen LogP contribution in [0.2, 0.25) is 0 Å².